The molecule has 0 radical (unpaired) electrons. The van der Waals surface area contributed by atoms with Gasteiger partial charge in [0, 0.05) is 55.1 Å². The van der Waals surface area contributed by atoms with Crippen molar-refractivity contribution < 1.29 is 0 Å². The Morgan fingerprint density at radius 1 is 1.45 bits per heavy atom. The number of benzene rings is 1. The number of piperazine rings is 1. The van der Waals surface area contributed by atoms with Crippen molar-refractivity contribution in [3.63, 3.8) is 0 Å². The van der Waals surface area contributed by atoms with Crippen LogP contribution in [0.15, 0.2) is 35.1 Å². The van der Waals surface area contributed by atoms with Crippen LogP contribution in [0.3, 0.4) is 0 Å². The Bertz CT molecular complexity index is 632. The van der Waals surface area contributed by atoms with Crippen LogP contribution in [0.5, 0.6) is 0 Å². The molecule has 1 fully saturated rings. The normalized spacial score (nSPS) is 19.0. The van der Waals surface area contributed by atoms with Gasteiger partial charge in [-0.3, -0.25) is 4.90 Å². The predicted molar refractivity (Wildman–Crippen MR) is 95.6 cm³/mol. The van der Waals surface area contributed by atoms with E-state index < -0.39 is 0 Å². The van der Waals surface area contributed by atoms with Crippen molar-refractivity contribution in [1.82, 2.24) is 19.8 Å². The summed E-state index contributed by atoms with van der Waals surface area (Å²) >= 11 is 9.63. The van der Waals surface area contributed by atoms with E-state index in [1.54, 1.807) is 0 Å². The molecule has 0 bridgehead atoms. The zero-order valence-corrected chi connectivity index (χ0v) is 15.5. The second kappa shape index (κ2) is 7.79. The molecular formula is C15H19BrCl2N4. The van der Waals surface area contributed by atoms with Crippen LogP contribution in [-0.2, 0) is 13.6 Å². The lowest BCUT2D eigenvalue weighted by molar-refractivity contribution is 0.144. The maximum atomic E-state index is 6.02. The minimum Gasteiger partial charge on any atom is -0.337 e. The van der Waals surface area contributed by atoms with Crippen LogP contribution in [0.4, 0.5) is 0 Å². The number of hydrogen-bond donors (Lipinski definition) is 1. The fourth-order valence-corrected chi connectivity index (χ4v) is 3.57. The van der Waals surface area contributed by atoms with E-state index in [0.29, 0.717) is 6.04 Å². The lowest BCUT2D eigenvalue weighted by Crippen LogP contribution is -2.46. The number of rotatable bonds is 3. The van der Waals surface area contributed by atoms with E-state index in [-0.39, 0.29) is 12.4 Å². The van der Waals surface area contributed by atoms with Gasteiger partial charge in [-0.1, -0.05) is 33.6 Å². The minimum atomic E-state index is 0. The molecule has 1 saturated heterocycles. The first-order chi connectivity index (χ1) is 10.1. The molecule has 1 aliphatic rings. The van der Waals surface area contributed by atoms with Gasteiger partial charge in [0.05, 0.1) is 6.04 Å². The van der Waals surface area contributed by atoms with Crippen LogP contribution >= 0.6 is 39.9 Å². The highest BCUT2D eigenvalue weighted by Crippen LogP contribution is 2.27. The molecule has 4 nitrogen and oxygen atoms in total. The Balaban J connectivity index is 0.00000176. The number of imidazole rings is 1. The molecule has 0 spiro atoms. The third kappa shape index (κ3) is 3.84. The molecule has 22 heavy (non-hydrogen) atoms. The first-order valence-electron chi connectivity index (χ1n) is 7.01. The molecule has 1 N–H and O–H groups in total. The Kier molecular flexibility index (Phi) is 6.29. The van der Waals surface area contributed by atoms with Gasteiger partial charge in [-0.15, -0.1) is 12.4 Å². The van der Waals surface area contributed by atoms with Gasteiger partial charge >= 0.3 is 0 Å². The predicted octanol–water partition coefficient (Wildman–Crippen LogP) is 3.40. The highest BCUT2D eigenvalue weighted by Gasteiger charge is 2.27. The molecule has 2 heterocycles. The van der Waals surface area contributed by atoms with Gasteiger partial charge in [0.15, 0.2) is 0 Å². The molecule has 3 rings (SSSR count). The van der Waals surface area contributed by atoms with Crippen molar-refractivity contribution in [3.8, 4) is 0 Å². The molecule has 0 aliphatic carbocycles. The zero-order valence-electron chi connectivity index (χ0n) is 12.3. The van der Waals surface area contributed by atoms with Gasteiger partial charge in [0.1, 0.15) is 5.82 Å². The van der Waals surface area contributed by atoms with Crippen molar-refractivity contribution in [3.05, 3.63) is 51.5 Å². The topological polar surface area (TPSA) is 33.1 Å². The summed E-state index contributed by atoms with van der Waals surface area (Å²) in [7, 11) is 2.05. The van der Waals surface area contributed by atoms with Gasteiger partial charge in [-0.25, -0.2) is 4.98 Å². The Morgan fingerprint density at radius 3 is 2.95 bits per heavy atom. The van der Waals surface area contributed by atoms with Gasteiger partial charge in [0.25, 0.3) is 0 Å². The standard InChI is InChI=1S/C15H18BrClN4.ClH/c1-20-6-5-19-15(20)14-9-18-4-7-21(14)10-11-2-3-12(17)8-13(11)16;/h2-3,5-6,8,14,18H,4,7,9-10H2,1H3;1H. The van der Waals surface area contributed by atoms with Gasteiger partial charge in [-0.05, 0) is 17.7 Å². The van der Waals surface area contributed by atoms with Crippen molar-refractivity contribution in [2.45, 2.75) is 12.6 Å². The molecule has 2 aromatic rings. The largest absolute Gasteiger partial charge is 0.337 e. The molecule has 120 valence electrons. The maximum Gasteiger partial charge on any atom is 0.127 e. The molecular weight excluding hydrogens is 387 g/mol. The van der Waals surface area contributed by atoms with Crippen LogP contribution in [0.2, 0.25) is 5.02 Å². The van der Waals surface area contributed by atoms with Crippen LogP contribution in [-0.4, -0.2) is 34.1 Å². The van der Waals surface area contributed by atoms with E-state index in [0.717, 1.165) is 41.5 Å². The second-order valence-electron chi connectivity index (χ2n) is 5.32. The summed E-state index contributed by atoms with van der Waals surface area (Å²) in [6.07, 6.45) is 3.86. The minimum absolute atomic E-state index is 0. The first kappa shape index (κ1) is 17.8. The summed E-state index contributed by atoms with van der Waals surface area (Å²) in [6, 6.07) is 6.28. The first-order valence-corrected chi connectivity index (χ1v) is 8.18. The number of hydrogen-bond acceptors (Lipinski definition) is 3. The van der Waals surface area contributed by atoms with E-state index >= 15 is 0 Å². The van der Waals surface area contributed by atoms with Crippen LogP contribution in [0.1, 0.15) is 17.4 Å². The van der Waals surface area contributed by atoms with E-state index in [2.05, 4.69) is 41.8 Å². The number of nitrogens with zero attached hydrogens (tertiary/aromatic N) is 3. The van der Waals surface area contributed by atoms with E-state index in [1.807, 2.05) is 31.6 Å². The number of halogens is 3. The highest BCUT2D eigenvalue weighted by molar-refractivity contribution is 9.10. The molecule has 1 aromatic heterocycles. The molecule has 1 unspecified atom stereocenters. The molecule has 7 heteroatoms. The number of aryl methyl sites for hydroxylation is 1. The van der Waals surface area contributed by atoms with Crippen molar-refractivity contribution in [1.29, 1.82) is 0 Å². The SMILES string of the molecule is Cl.Cn1ccnc1C1CNCCN1Cc1ccc(Cl)cc1Br. The molecule has 0 amide bonds. The smallest absolute Gasteiger partial charge is 0.127 e. The van der Waals surface area contributed by atoms with Crippen molar-refractivity contribution in [2.24, 2.45) is 7.05 Å². The molecule has 1 aliphatic heterocycles. The monoisotopic (exact) mass is 404 g/mol. The van der Waals surface area contributed by atoms with E-state index in [4.69, 9.17) is 11.6 Å². The molecule has 0 saturated carbocycles. The summed E-state index contributed by atoms with van der Waals surface area (Å²) in [6.45, 7) is 3.83. The molecule has 1 aromatic carbocycles. The van der Waals surface area contributed by atoms with Crippen molar-refractivity contribution >= 4 is 39.9 Å². The van der Waals surface area contributed by atoms with E-state index in [1.165, 1.54) is 5.56 Å². The summed E-state index contributed by atoms with van der Waals surface area (Å²) in [4.78, 5) is 6.98. The van der Waals surface area contributed by atoms with Gasteiger partial charge in [-0.2, -0.15) is 0 Å². The van der Waals surface area contributed by atoms with Gasteiger partial charge < -0.3 is 9.88 Å². The Labute approximate surface area is 150 Å². The summed E-state index contributed by atoms with van der Waals surface area (Å²) in [5.74, 6) is 1.10. The summed E-state index contributed by atoms with van der Waals surface area (Å²) in [5.41, 5.74) is 1.25. The third-order valence-electron chi connectivity index (χ3n) is 3.90. The maximum absolute atomic E-state index is 6.02. The van der Waals surface area contributed by atoms with Crippen molar-refractivity contribution in [2.75, 3.05) is 19.6 Å². The van der Waals surface area contributed by atoms with Crippen LogP contribution in [0.25, 0.3) is 0 Å². The van der Waals surface area contributed by atoms with E-state index in [9.17, 15) is 0 Å². The van der Waals surface area contributed by atoms with Gasteiger partial charge in [0.2, 0.25) is 0 Å². The fourth-order valence-electron chi connectivity index (χ4n) is 2.76. The highest BCUT2D eigenvalue weighted by atomic mass is 79.9. The average molecular weight is 406 g/mol. The quantitative estimate of drug-likeness (QED) is 0.849. The number of aromatic nitrogens is 2. The lowest BCUT2D eigenvalue weighted by Gasteiger charge is -2.36. The van der Waals surface area contributed by atoms with Crippen LogP contribution < -0.4 is 5.32 Å². The zero-order chi connectivity index (χ0) is 14.8. The fraction of sp³-hybridized carbons (Fsp3) is 0.400. The summed E-state index contributed by atoms with van der Waals surface area (Å²) in [5, 5.41) is 4.22. The lowest BCUT2D eigenvalue weighted by atomic mass is 10.1. The molecule has 1 atom stereocenters. The Morgan fingerprint density at radius 2 is 2.27 bits per heavy atom. The second-order valence-corrected chi connectivity index (χ2v) is 6.61. The average Bonchev–Trinajstić information content (AvgIpc) is 2.89. The number of nitrogens with one attached hydrogen (secondary N) is 1. The summed E-state index contributed by atoms with van der Waals surface area (Å²) < 4.78 is 3.16. The third-order valence-corrected chi connectivity index (χ3v) is 4.87. The van der Waals surface area contributed by atoms with Crippen LogP contribution in [0, 0.1) is 0 Å². The Hall–Kier alpha value is -0.590.